The SMILES string of the molecule is CC(C)CNc1ccnc(Nc2ccc(F)cc2)n1. The summed E-state index contributed by atoms with van der Waals surface area (Å²) in [4.78, 5) is 8.46. The van der Waals surface area contributed by atoms with E-state index < -0.39 is 0 Å². The van der Waals surface area contributed by atoms with Crippen molar-refractivity contribution in [3.63, 3.8) is 0 Å². The van der Waals surface area contributed by atoms with E-state index in [9.17, 15) is 4.39 Å². The molecule has 1 aromatic carbocycles. The van der Waals surface area contributed by atoms with Crippen LogP contribution in [0, 0.1) is 11.7 Å². The summed E-state index contributed by atoms with van der Waals surface area (Å²) in [6.07, 6.45) is 1.68. The van der Waals surface area contributed by atoms with Crippen LogP contribution >= 0.6 is 0 Å². The van der Waals surface area contributed by atoms with E-state index in [0.29, 0.717) is 11.9 Å². The Morgan fingerprint density at radius 1 is 1.16 bits per heavy atom. The van der Waals surface area contributed by atoms with E-state index in [1.54, 1.807) is 18.3 Å². The molecule has 0 aliphatic rings. The van der Waals surface area contributed by atoms with Gasteiger partial charge in [0.15, 0.2) is 0 Å². The molecule has 0 amide bonds. The number of hydrogen-bond acceptors (Lipinski definition) is 4. The molecule has 2 aromatic rings. The molecule has 2 rings (SSSR count). The van der Waals surface area contributed by atoms with E-state index in [2.05, 4.69) is 34.4 Å². The highest BCUT2D eigenvalue weighted by Crippen LogP contribution is 2.14. The van der Waals surface area contributed by atoms with Crippen LogP contribution in [0.25, 0.3) is 0 Å². The van der Waals surface area contributed by atoms with E-state index in [1.165, 1.54) is 12.1 Å². The van der Waals surface area contributed by atoms with Gasteiger partial charge in [-0.15, -0.1) is 0 Å². The second-order valence-electron chi connectivity index (χ2n) is 4.67. The topological polar surface area (TPSA) is 49.8 Å². The van der Waals surface area contributed by atoms with E-state index in [-0.39, 0.29) is 5.82 Å². The molecule has 5 heteroatoms. The number of rotatable bonds is 5. The summed E-state index contributed by atoms with van der Waals surface area (Å²) >= 11 is 0. The monoisotopic (exact) mass is 260 g/mol. The maximum atomic E-state index is 12.8. The Kier molecular flexibility index (Phi) is 4.28. The van der Waals surface area contributed by atoms with Gasteiger partial charge in [0, 0.05) is 18.4 Å². The van der Waals surface area contributed by atoms with Crippen LogP contribution in [0.1, 0.15) is 13.8 Å². The molecule has 2 N–H and O–H groups in total. The zero-order chi connectivity index (χ0) is 13.7. The minimum Gasteiger partial charge on any atom is -0.370 e. The Bertz CT molecular complexity index is 525. The Morgan fingerprint density at radius 2 is 1.89 bits per heavy atom. The Morgan fingerprint density at radius 3 is 2.58 bits per heavy atom. The van der Waals surface area contributed by atoms with E-state index in [4.69, 9.17) is 0 Å². The summed E-state index contributed by atoms with van der Waals surface area (Å²) in [5, 5.41) is 6.26. The largest absolute Gasteiger partial charge is 0.370 e. The number of benzene rings is 1. The second-order valence-corrected chi connectivity index (χ2v) is 4.67. The molecule has 0 aliphatic heterocycles. The lowest BCUT2D eigenvalue weighted by Crippen LogP contribution is -2.10. The van der Waals surface area contributed by atoms with Crippen LogP contribution in [0.5, 0.6) is 0 Å². The summed E-state index contributed by atoms with van der Waals surface area (Å²) in [5.41, 5.74) is 0.752. The molecule has 1 aromatic heterocycles. The smallest absolute Gasteiger partial charge is 0.229 e. The molecule has 0 radical (unpaired) electrons. The minimum absolute atomic E-state index is 0.265. The van der Waals surface area contributed by atoms with Crippen molar-refractivity contribution in [1.82, 2.24) is 9.97 Å². The number of hydrogen-bond donors (Lipinski definition) is 2. The van der Waals surface area contributed by atoms with Crippen molar-refractivity contribution in [3.05, 3.63) is 42.3 Å². The Balaban J connectivity index is 2.04. The lowest BCUT2D eigenvalue weighted by atomic mass is 10.2. The highest BCUT2D eigenvalue weighted by Gasteiger charge is 2.01. The van der Waals surface area contributed by atoms with E-state index in [0.717, 1.165) is 18.1 Å². The number of nitrogens with one attached hydrogen (secondary N) is 2. The summed E-state index contributed by atoms with van der Waals surface area (Å²) < 4.78 is 12.8. The fourth-order valence-corrected chi connectivity index (χ4v) is 1.49. The van der Waals surface area contributed by atoms with Crippen molar-refractivity contribution in [2.24, 2.45) is 5.92 Å². The molecule has 0 saturated carbocycles. The first kappa shape index (κ1) is 13.3. The van der Waals surface area contributed by atoms with E-state index >= 15 is 0 Å². The Labute approximate surface area is 112 Å². The summed E-state index contributed by atoms with van der Waals surface area (Å²) in [6.45, 7) is 5.12. The van der Waals surface area contributed by atoms with Gasteiger partial charge < -0.3 is 10.6 Å². The normalized spacial score (nSPS) is 10.5. The van der Waals surface area contributed by atoms with Crippen LogP contribution in [-0.2, 0) is 0 Å². The summed E-state index contributed by atoms with van der Waals surface area (Å²) in [5.74, 6) is 1.54. The van der Waals surface area contributed by atoms with E-state index in [1.807, 2.05) is 6.07 Å². The molecule has 0 aliphatic carbocycles. The average Bonchev–Trinajstić information content (AvgIpc) is 2.40. The molecular weight excluding hydrogens is 243 g/mol. The first-order valence-electron chi connectivity index (χ1n) is 6.23. The van der Waals surface area contributed by atoms with Gasteiger partial charge in [0.2, 0.25) is 5.95 Å². The van der Waals surface area contributed by atoms with Gasteiger partial charge >= 0.3 is 0 Å². The number of halogens is 1. The van der Waals surface area contributed by atoms with Crippen LogP contribution < -0.4 is 10.6 Å². The highest BCUT2D eigenvalue weighted by molar-refractivity contribution is 5.54. The predicted octanol–water partition coefficient (Wildman–Crippen LogP) is 3.43. The molecule has 19 heavy (non-hydrogen) atoms. The van der Waals surface area contributed by atoms with Crippen LogP contribution in [-0.4, -0.2) is 16.5 Å². The second kappa shape index (κ2) is 6.13. The first-order valence-corrected chi connectivity index (χ1v) is 6.23. The maximum absolute atomic E-state index is 12.8. The molecule has 0 atom stereocenters. The fourth-order valence-electron chi connectivity index (χ4n) is 1.49. The van der Waals surface area contributed by atoms with Crippen molar-refractivity contribution in [1.29, 1.82) is 0 Å². The molecular formula is C14H17FN4. The van der Waals surface area contributed by atoms with Crippen molar-refractivity contribution in [2.75, 3.05) is 17.2 Å². The van der Waals surface area contributed by atoms with Crippen LogP contribution in [0.4, 0.5) is 21.8 Å². The van der Waals surface area contributed by atoms with Gasteiger partial charge in [-0.2, -0.15) is 4.98 Å². The van der Waals surface area contributed by atoms with Gasteiger partial charge in [-0.3, -0.25) is 0 Å². The maximum Gasteiger partial charge on any atom is 0.229 e. The molecule has 1 heterocycles. The Hall–Kier alpha value is -2.17. The van der Waals surface area contributed by atoms with Gasteiger partial charge in [0.05, 0.1) is 0 Å². The van der Waals surface area contributed by atoms with Crippen molar-refractivity contribution in [2.45, 2.75) is 13.8 Å². The van der Waals surface area contributed by atoms with Crippen LogP contribution in [0.15, 0.2) is 36.5 Å². The number of nitrogens with zero attached hydrogens (tertiary/aromatic N) is 2. The standard InChI is InChI=1S/C14H17FN4/c1-10(2)9-17-13-7-8-16-14(19-13)18-12-5-3-11(15)4-6-12/h3-8,10H,9H2,1-2H3,(H2,16,17,18,19). The molecule has 0 bridgehead atoms. The molecule has 0 spiro atoms. The molecule has 0 unspecified atom stereocenters. The predicted molar refractivity (Wildman–Crippen MR) is 75.0 cm³/mol. The van der Waals surface area contributed by atoms with Gasteiger partial charge in [-0.05, 0) is 36.2 Å². The zero-order valence-corrected chi connectivity index (χ0v) is 11.0. The van der Waals surface area contributed by atoms with Crippen LogP contribution in [0.3, 0.4) is 0 Å². The lowest BCUT2D eigenvalue weighted by molar-refractivity contribution is 0.628. The van der Waals surface area contributed by atoms with Gasteiger partial charge in [-0.25, -0.2) is 9.37 Å². The van der Waals surface area contributed by atoms with Crippen molar-refractivity contribution < 1.29 is 4.39 Å². The zero-order valence-electron chi connectivity index (χ0n) is 11.0. The lowest BCUT2D eigenvalue weighted by Gasteiger charge is -2.09. The molecule has 100 valence electrons. The quantitative estimate of drug-likeness (QED) is 0.864. The minimum atomic E-state index is -0.265. The van der Waals surface area contributed by atoms with Crippen LogP contribution in [0.2, 0.25) is 0 Å². The number of anilines is 3. The van der Waals surface area contributed by atoms with Crippen molar-refractivity contribution in [3.8, 4) is 0 Å². The molecule has 4 nitrogen and oxygen atoms in total. The third-order valence-electron chi connectivity index (χ3n) is 2.45. The highest BCUT2D eigenvalue weighted by atomic mass is 19.1. The van der Waals surface area contributed by atoms with Gasteiger partial charge in [0.1, 0.15) is 11.6 Å². The van der Waals surface area contributed by atoms with Crippen molar-refractivity contribution >= 4 is 17.5 Å². The number of aromatic nitrogens is 2. The molecule has 0 saturated heterocycles. The fraction of sp³-hybridized carbons (Fsp3) is 0.286. The van der Waals surface area contributed by atoms with Gasteiger partial charge in [0.25, 0.3) is 0 Å². The third kappa shape index (κ3) is 4.21. The molecule has 0 fully saturated rings. The summed E-state index contributed by atoms with van der Waals surface area (Å²) in [6, 6.07) is 7.89. The van der Waals surface area contributed by atoms with Gasteiger partial charge in [-0.1, -0.05) is 13.8 Å². The summed E-state index contributed by atoms with van der Waals surface area (Å²) in [7, 11) is 0. The first-order chi connectivity index (χ1) is 9.13. The third-order valence-corrected chi connectivity index (χ3v) is 2.45. The average molecular weight is 260 g/mol.